The van der Waals surface area contributed by atoms with E-state index in [2.05, 4.69) is 0 Å². The summed E-state index contributed by atoms with van der Waals surface area (Å²) in [4.78, 5) is 16.8. The summed E-state index contributed by atoms with van der Waals surface area (Å²) >= 11 is 0. The van der Waals surface area contributed by atoms with Gasteiger partial charge in [-0.25, -0.2) is 0 Å². The van der Waals surface area contributed by atoms with E-state index in [0.717, 1.165) is 7.05 Å². The van der Waals surface area contributed by atoms with Gasteiger partial charge in [0.1, 0.15) is 0 Å². The zero-order valence-corrected chi connectivity index (χ0v) is 6.69. The Morgan fingerprint density at radius 2 is 1.82 bits per heavy atom. The number of hydrogen-bond donors (Lipinski definition) is 2. The SMILES string of the molecule is C[N+](C#N)(C#N)CP(=O)(O)O. The molecule has 0 unspecified atom stereocenters. The lowest BCUT2D eigenvalue weighted by molar-refractivity contribution is -0.764. The van der Waals surface area contributed by atoms with Crippen molar-refractivity contribution in [2.75, 3.05) is 13.3 Å². The highest BCUT2D eigenvalue weighted by molar-refractivity contribution is 7.51. The van der Waals surface area contributed by atoms with Gasteiger partial charge < -0.3 is 9.79 Å². The van der Waals surface area contributed by atoms with Gasteiger partial charge in [-0.15, -0.1) is 15.0 Å². The topological polar surface area (TPSA) is 105 Å². The summed E-state index contributed by atoms with van der Waals surface area (Å²) < 4.78 is 9.39. The van der Waals surface area contributed by atoms with Crippen LogP contribution in [-0.4, -0.2) is 27.6 Å². The van der Waals surface area contributed by atoms with Gasteiger partial charge in [-0.3, -0.25) is 4.57 Å². The smallest absolute Gasteiger partial charge is 0.320 e. The number of nitriles is 2. The van der Waals surface area contributed by atoms with E-state index in [0.29, 0.717) is 0 Å². The molecule has 0 aliphatic carbocycles. The van der Waals surface area contributed by atoms with Crippen molar-refractivity contribution in [2.45, 2.75) is 0 Å². The molecule has 0 aliphatic heterocycles. The normalized spacial score (nSPS) is 11.7. The Bertz CT molecular complexity index is 255. The van der Waals surface area contributed by atoms with Gasteiger partial charge >= 0.3 is 20.0 Å². The molecule has 0 amide bonds. The van der Waals surface area contributed by atoms with E-state index in [1.54, 1.807) is 0 Å². The van der Waals surface area contributed by atoms with E-state index in [1.807, 2.05) is 0 Å². The molecule has 11 heavy (non-hydrogen) atoms. The van der Waals surface area contributed by atoms with Crippen molar-refractivity contribution in [1.82, 2.24) is 0 Å². The van der Waals surface area contributed by atoms with E-state index < -0.39 is 18.4 Å². The fraction of sp³-hybridized carbons (Fsp3) is 0.500. The lowest BCUT2D eigenvalue weighted by atomic mass is 10.7. The van der Waals surface area contributed by atoms with E-state index >= 15 is 0 Å². The highest BCUT2D eigenvalue weighted by Crippen LogP contribution is 2.36. The first kappa shape index (κ1) is 10.1. The van der Waals surface area contributed by atoms with Crippen LogP contribution in [-0.2, 0) is 4.57 Å². The first-order valence-electron chi connectivity index (χ1n) is 2.56. The van der Waals surface area contributed by atoms with E-state index in [1.165, 1.54) is 12.4 Å². The summed E-state index contributed by atoms with van der Waals surface area (Å²) in [5, 5.41) is 16.6. The van der Waals surface area contributed by atoms with Crippen LogP contribution in [0.3, 0.4) is 0 Å². The Kier molecular flexibility index (Phi) is 2.75. The Hall–Kier alpha value is -0.910. The maximum Gasteiger partial charge on any atom is 0.381 e. The van der Waals surface area contributed by atoms with Gasteiger partial charge in [0.25, 0.3) is 0 Å². The van der Waals surface area contributed by atoms with Crippen LogP contribution in [0.4, 0.5) is 0 Å². The number of nitrogens with zero attached hydrogens (tertiary/aromatic N) is 3. The average Bonchev–Trinajstić information content (AvgIpc) is 1.84. The zero-order chi connectivity index (χ0) is 9.12. The van der Waals surface area contributed by atoms with Gasteiger partial charge in [0.2, 0.25) is 6.29 Å². The second-order valence-corrected chi connectivity index (χ2v) is 3.81. The van der Waals surface area contributed by atoms with Crippen molar-refractivity contribution in [1.29, 1.82) is 10.5 Å². The Labute approximate surface area is 63.6 Å². The third-order valence-electron chi connectivity index (χ3n) is 0.908. The van der Waals surface area contributed by atoms with Gasteiger partial charge in [-0.1, -0.05) is 0 Å². The zero-order valence-electron chi connectivity index (χ0n) is 5.80. The molecule has 0 aromatic carbocycles. The van der Waals surface area contributed by atoms with Crippen LogP contribution in [0.15, 0.2) is 0 Å². The molecule has 0 aromatic rings. The maximum absolute atomic E-state index is 10.3. The monoisotopic (exact) mass is 176 g/mol. The summed E-state index contributed by atoms with van der Waals surface area (Å²) in [6.07, 6.45) is 2.16. The molecule has 0 bridgehead atoms. The van der Waals surface area contributed by atoms with Crippen LogP contribution in [0, 0.1) is 22.9 Å². The first-order valence-corrected chi connectivity index (χ1v) is 4.35. The van der Waals surface area contributed by atoms with Crippen LogP contribution >= 0.6 is 7.60 Å². The summed E-state index contributed by atoms with van der Waals surface area (Å²) in [7, 11) is -3.17. The lowest BCUT2D eigenvalue weighted by Crippen LogP contribution is -2.33. The largest absolute Gasteiger partial charge is 0.381 e. The van der Waals surface area contributed by atoms with Crippen molar-refractivity contribution < 1.29 is 18.8 Å². The fourth-order valence-corrected chi connectivity index (χ4v) is 1.32. The molecule has 2 N–H and O–H groups in total. The van der Waals surface area contributed by atoms with Gasteiger partial charge in [0, 0.05) is 0 Å². The van der Waals surface area contributed by atoms with Crippen LogP contribution < -0.4 is 0 Å². The Morgan fingerprint density at radius 1 is 1.45 bits per heavy atom. The Balaban J connectivity index is 4.53. The predicted molar refractivity (Wildman–Crippen MR) is 34.3 cm³/mol. The van der Waals surface area contributed by atoms with Crippen molar-refractivity contribution >= 4 is 7.60 Å². The van der Waals surface area contributed by atoms with Crippen molar-refractivity contribution in [2.24, 2.45) is 0 Å². The molecule has 0 radical (unpaired) electrons. The highest BCUT2D eigenvalue weighted by Gasteiger charge is 2.32. The van der Waals surface area contributed by atoms with Crippen LogP contribution in [0.1, 0.15) is 0 Å². The standard InChI is InChI=1S/C4H6N3O3P/c1-7(2-5,3-6)4-11(8,9)10/h4H2,1H3,(H-,8,9,10)/p+1. The van der Waals surface area contributed by atoms with E-state index in [9.17, 15) is 4.57 Å². The molecule has 6 nitrogen and oxygen atoms in total. The average molecular weight is 176 g/mol. The Morgan fingerprint density at radius 3 is 1.91 bits per heavy atom. The minimum absolute atomic E-state index is 0.778. The molecule has 60 valence electrons. The maximum atomic E-state index is 10.3. The van der Waals surface area contributed by atoms with Crippen molar-refractivity contribution in [3.63, 3.8) is 0 Å². The van der Waals surface area contributed by atoms with Crippen molar-refractivity contribution in [3.8, 4) is 12.4 Å². The van der Waals surface area contributed by atoms with Gasteiger partial charge in [0.05, 0.1) is 7.05 Å². The fourth-order valence-electron chi connectivity index (χ4n) is 0.454. The summed E-state index contributed by atoms with van der Waals surface area (Å²) in [5.41, 5.74) is 0. The molecule has 0 aliphatic rings. The first-order chi connectivity index (χ1) is 4.83. The molecule has 0 aromatic heterocycles. The quantitative estimate of drug-likeness (QED) is 0.336. The van der Waals surface area contributed by atoms with Crippen LogP contribution in [0.2, 0.25) is 0 Å². The van der Waals surface area contributed by atoms with Crippen LogP contribution in [0.25, 0.3) is 0 Å². The third-order valence-corrected chi connectivity index (χ3v) is 1.84. The highest BCUT2D eigenvalue weighted by atomic mass is 31.2. The van der Waals surface area contributed by atoms with E-state index in [4.69, 9.17) is 20.3 Å². The van der Waals surface area contributed by atoms with Gasteiger partial charge in [0.15, 0.2) is 0 Å². The molecule has 7 heteroatoms. The molecule has 0 saturated carbocycles. The number of hydrogen-bond acceptors (Lipinski definition) is 3. The number of rotatable bonds is 2. The predicted octanol–water partition coefficient (Wildman–Crippen LogP) is -0.470. The molecular formula is C4H7N3O3P+. The number of quaternary nitrogens is 1. The van der Waals surface area contributed by atoms with E-state index in [-0.39, 0.29) is 0 Å². The molecule has 0 fully saturated rings. The second-order valence-electron chi connectivity index (χ2n) is 2.20. The summed E-state index contributed by atoms with van der Waals surface area (Å²) in [6.45, 7) is 0. The second kappa shape index (κ2) is 3.00. The van der Waals surface area contributed by atoms with Gasteiger partial charge in [-0.2, -0.15) is 0 Å². The summed E-state index contributed by atoms with van der Waals surface area (Å²) in [5.74, 6) is 0. The summed E-state index contributed by atoms with van der Waals surface area (Å²) in [6, 6.07) is 0. The molecule has 0 rings (SSSR count). The van der Waals surface area contributed by atoms with Crippen LogP contribution in [0.5, 0.6) is 0 Å². The minimum Gasteiger partial charge on any atom is -0.320 e. The molecule has 0 saturated heterocycles. The molecule has 0 spiro atoms. The lowest BCUT2D eigenvalue weighted by Gasteiger charge is -2.13. The third kappa shape index (κ3) is 3.72. The van der Waals surface area contributed by atoms with Crippen molar-refractivity contribution in [3.05, 3.63) is 0 Å². The minimum atomic E-state index is -4.29. The molecular weight excluding hydrogens is 169 g/mol. The molecule has 0 atom stereocenters. The molecule has 0 heterocycles. The van der Waals surface area contributed by atoms with Gasteiger partial charge in [-0.05, 0) is 0 Å².